The molecule has 0 spiro atoms. The van der Waals surface area contributed by atoms with Crippen molar-refractivity contribution in [3.05, 3.63) is 36.2 Å². The average molecular weight is 246 g/mol. The summed E-state index contributed by atoms with van der Waals surface area (Å²) in [6.45, 7) is 9.86. The second-order valence-electron chi connectivity index (χ2n) is 5.22. The lowest BCUT2D eigenvalue weighted by Crippen LogP contribution is -2.39. The Morgan fingerprint density at radius 3 is 2.89 bits per heavy atom. The number of hydrogen-bond donors (Lipinski definition) is 1. The number of aromatic nitrogens is 1. The SMILES string of the molecule is C=C(C)c1ccc([C@H](C)N2CCC[C@H](O)C2)cn1. The molecule has 1 aromatic rings. The van der Waals surface area contributed by atoms with Crippen LogP contribution in [0.2, 0.25) is 0 Å². The van der Waals surface area contributed by atoms with E-state index in [-0.39, 0.29) is 6.10 Å². The minimum Gasteiger partial charge on any atom is -0.392 e. The van der Waals surface area contributed by atoms with Crippen LogP contribution in [0.15, 0.2) is 24.9 Å². The quantitative estimate of drug-likeness (QED) is 0.890. The molecule has 3 nitrogen and oxygen atoms in total. The number of pyridine rings is 1. The van der Waals surface area contributed by atoms with Crippen LogP contribution in [0.3, 0.4) is 0 Å². The normalized spacial score (nSPS) is 22.7. The molecule has 2 atom stereocenters. The molecule has 0 amide bonds. The summed E-state index contributed by atoms with van der Waals surface area (Å²) in [5.41, 5.74) is 3.14. The van der Waals surface area contributed by atoms with Crippen LogP contribution in [-0.2, 0) is 0 Å². The van der Waals surface area contributed by atoms with E-state index >= 15 is 0 Å². The van der Waals surface area contributed by atoms with E-state index in [9.17, 15) is 5.11 Å². The lowest BCUT2D eigenvalue weighted by atomic mass is 10.0. The summed E-state index contributed by atoms with van der Waals surface area (Å²) < 4.78 is 0. The fourth-order valence-corrected chi connectivity index (χ4v) is 2.45. The van der Waals surface area contributed by atoms with Crippen molar-refractivity contribution in [1.82, 2.24) is 9.88 Å². The summed E-state index contributed by atoms with van der Waals surface area (Å²) in [6, 6.07) is 4.45. The van der Waals surface area contributed by atoms with Crippen molar-refractivity contribution in [2.75, 3.05) is 13.1 Å². The van der Waals surface area contributed by atoms with E-state index in [1.165, 1.54) is 5.56 Å². The second-order valence-corrected chi connectivity index (χ2v) is 5.22. The first kappa shape index (κ1) is 13.2. The van der Waals surface area contributed by atoms with Crippen LogP contribution in [-0.4, -0.2) is 34.2 Å². The summed E-state index contributed by atoms with van der Waals surface area (Å²) in [5.74, 6) is 0. The Bertz CT molecular complexity index is 413. The molecule has 1 saturated heterocycles. The van der Waals surface area contributed by atoms with Gasteiger partial charge < -0.3 is 5.11 Å². The van der Waals surface area contributed by atoms with Crippen LogP contribution >= 0.6 is 0 Å². The molecule has 2 rings (SSSR count). The van der Waals surface area contributed by atoms with Crippen molar-refractivity contribution >= 4 is 5.57 Å². The summed E-state index contributed by atoms with van der Waals surface area (Å²) in [5, 5.41) is 9.72. The van der Waals surface area contributed by atoms with Gasteiger partial charge in [0.1, 0.15) is 0 Å². The maximum absolute atomic E-state index is 9.72. The third-order valence-electron chi connectivity index (χ3n) is 3.68. The van der Waals surface area contributed by atoms with Gasteiger partial charge in [0.2, 0.25) is 0 Å². The standard InChI is InChI=1S/C15H22N2O/c1-11(2)15-7-6-13(9-16-15)12(3)17-8-4-5-14(18)10-17/h6-7,9,12,14,18H,1,4-5,8,10H2,2-3H3/t12-,14-/m0/s1. The zero-order valence-electron chi connectivity index (χ0n) is 11.3. The Kier molecular flexibility index (Phi) is 4.15. The lowest BCUT2D eigenvalue weighted by Gasteiger charge is -2.34. The van der Waals surface area contributed by atoms with Crippen LogP contribution in [0.4, 0.5) is 0 Å². The van der Waals surface area contributed by atoms with Crippen molar-refractivity contribution in [2.24, 2.45) is 0 Å². The number of rotatable bonds is 3. The van der Waals surface area contributed by atoms with Gasteiger partial charge in [-0.1, -0.05) is 12.6 Å². The van der Waals surface area contributed by atoms with E-state index in [1.807, 2.05) is 19.2 Å². The van der Waals surface area contributed by atoms with Crippen molar-refractivity contribution in [3.63, 3.8) is 0 Å². The maximum Gasteiger partial charge on any atom is 0.0667 e. The number of β-amino-alcohol motifs (C(OH)–C–C–N with tert-alkyl or cyclic N) is 1. The van der Waals surface area contributed by atoms with E-state index in [0.717, 1.165) is 37.2 Å². The highest BCUT2D eigenvalue weighted by Gasteiger charge is 2.22. The smallest absolute Gasteiger partial charge is 0.0667 e. The molecule has 0 saturated carbocycles. The first-order valence-electron chi connectivity index (χ1n) is 6.62. The van der Waals surface area contributed by atoms with Gasteiger partial charge >= 0.3 is 0 Å². The van der Waals surface area contributed by atoms with E-state index < -0.39 is 0 Å². The molecular formula is C15H22N2O. The molecule has 18 heavy (non-hydrogen) atoms. The third kappa shape index (κ3) is 2.98. The molecular weight excluding hydrogens is 224 g/mol. The predicted octanol–water partition coefficient (Wildman–Crippen LogP) is 2.63. The van der Waals surface area contributed by atoms with E-state index in [2.05, 4.69) is 29.5 Å². The summed E-state index contributed by atoms with van der Waals surface area (Å²) >= 11 is 0. The van der Waals surface area contributed by atoms with E-state index in [4.69, 9.17) is 0 Å². The average Bonchev–Trinajstić information content (AvgIpc) is 2.38. The van der Waals surface area contributed by atoms with Gasteiger partial charge in [-0.05, 0) is 50.4 Å². The van der Waals surface area contributed by atoms with Gasteiger partial charge in [-0.2, -0.15) is 0 Å². The molecule has 2 heterocycles. The summed E-state index contributed by atoms with van der Waals surface area (Å²) in [7, 11) is 0. The topological polar surface area (TPSA) is 36.4 Å². The molecule has 1 aliphatic heterocycles. The van der Waals surface area contributed by atoms with Gasteiger partial charge in [-0.25, -0.2) is 0 Å². The van der Waals surface area contributed by atoms with Gasteiger partial charge in [0, 0.05) is 18.8 Å². The predicted molar refractivity (Wildman–Crippen MR) is 74.2 cm³/mol. The Morgan fingerprint density at radius 2 is 2.33 bits per heavy atom. The second kappa shape index (κ2) is 5.63. The Labute approximate surface area is 109 Å². The fourth-order valence-electron chi connectivity index (χ4n) is 2.45. The van der Waals surface area contributed by atoms with Crippen molar-refractivity contribution in [1.29, 1.82) is 0 Å². The number of hydrogen-bond acceptors (Lipinski definition) is 3. The van der Waals surface area contributed by atoms with Crippen LogP contribution in [0, 0.1) is 0 Å². The number of allylic oxidation sites excluding steroid dienone is 1. The van der Waals surface area contributed by atoms with Gasteiger partial charge in [-0.3, -0.25) is 9.88 Å². The van der Waals surface area contributed by atoms with Gasteiger partial charge in [0.25, 0.3) is 0 Å². The Hall–Kier alpha value is -1.19. The van der Waals surface area contributed by atoms with Crippen LogP contribution in [0.25, 0.3) is 5.57 Å². The first-order valence-corrected chi connectivity index (χ1v) is 6.62. The summed E-state index contributed by atoms with van der Waals surface area (Å²) in [6.07, 6.45) is 3.75. The Morgan fingerprint density at radius 1 is 1.56 bits per heavy atom. The number of aliphatic hydroxyl groups is 1. The highest BCUT2D eigenvalue weighted by atomic mass is 16.3. The van der Waals surface area contributed by atoms with Crippen molar-refractivity contribution in [3.8, 4) is 0 Å². The molecule has 1 fully saturated rings. The number of likely N-dealkylation sites (tertiary alicyclic amines) is 1. The molecule has 1 aliphatic rings. The zero-order chi connectivity index (χ0) is 13.1. The van der Waals surface area contributed by atoms with Gasteiger partial charge in [0.05, 0.1) is 11.8 Å². The first-order chi connectivity index (χ1) is 8.58. The molecule has 1 N–H and O–H groups in total. The van der Waals surface area contributed by atoms with Crippen molar-refractivity contribution < 1.29 is 5.11 Å². The van der Waals surface area contributed by atoms with Crippen LogP contribution in [0.5, 0.6) is 0 Å². The van der Waals surface area contributed by atoms with Crippen LogP contribution in [0.1, 0.15) is 44.0 Å². The molecule has 98 valence electrons. The molecule has 0 aromatic carbocycles. The van der Waals surface area contributed by atoms with E-state index in [0.29, 0.717) is 6.04 Å². The highest BCUT2D eigenvalue weighted by Crippen LogP contribution is 2.24. The van der Waals surface area contributed by atoms with Gasteiger partial charge in [0.15, 0.2) is 0 Å². The number of aliphatic hydroxyl groups excluding tert-OH is 1. The molecule has 0 unspecified atom stereocenters. The van der Waals surface area contributed by atoms with Crippen molar-refractivity contribution in [2.45, 2.75) is 38.8 Å². The zero-order valence-corrected chi connectivity index (χ0v) is 11.3. The summed E-state index contributed by atoms with van der Waals surface area (Å²) in [4.78, 5) is 6.75. The van der Waals surface area contributed by atoms with Crippen LogP contribution < -0.4 is 0 Å². The molecule has 0 bridgehead atoms. The number of nitrogens with zero attached hydrogens (tertiary/aromatic N) is 2. The fraction of sp³-hybridized carbons (Fsp3) is 0.533. The maximum atomic E-state index is 9.72. The molecule has 1 aromatic heterocycles. The molecule has 3 heteroatoms. The highest BCUT2D eigenvalue weighted by molar-refractivity contribution is 5.57. The third-order valence-corrected chi connectivity index (χ3v) is 3.68. The molecule has 0 radical (unpaired) electrons. The lowest BCUT2D eigenvalue weighted by molar-refractivity contribution is 0.0503. The Balaban J connectivity index is 2.08. The monoisotopic (exact) mass is 246 g/mol. The van der Waals surface area contributed by atoms with E-state index in [1.54, 1.807) is 0 Å². The minimum absolute atomic E-state index is 0.177. The molecule has 0 aliphatic carbocycles. The minimum atomic E-state index is -0.177. The number of piperidine rings is 1. The van der Waals surface area contributed by atoms with Gasteiger partial charge in [-0.15, -0.1) is 0 Å². The largest absolute Gasteiger partial charge is 0.392 e.